The quantitative estimate of drug-likeness (QED) is 0.329. The summed E-state index contributed by atoms with van der Waals surface area (Å²) in [6.45, 7) is 4.10. The molecule has 1 amide bonds. The van der Waals surface area contributed by atoms with Crippen LogP contribution < -0.4 is 5.32 Å². The number of nitrogens with one attached hydrogen (secondary N) is 1. The average Bonchev–Trinajstić information content (AvgIpc) is 2.64. The van der Waals surface area contributed by atoms with E-state index in [2.05, 4.69) is 23.9 Å². The molecule has 0 heterocycles. The Kier molecular flexibility index (Phi) is 15.8. The van der Waals surface area contributed by atoms with Crippen LogP contribution in [0.2, 0.25) is 0 Å². The van der Waals surface area contributed by atoms with E-state index >= 15 is 0 Å². The molecule has 0 saturated carbocycles. The van der Waals surface area contributed by atoms with Gasteiger partial charge in [0.05, 0.1) is 7.11 Å². The van der Waals surface area contributed by atoms with E-state index in [0.717, 1.165) is 51.4 Å². The molecule has 0 spiro atoms. The smallest absolute Gasteiger partial charge is 0.331 e. The van der Waals surface area contributed by atoms with Crippen LogP contribution in [0, 0.1) is 0 Å². The molecule has 0 aromatic heterocycles. The Morgan fingerprint density at radius 3 is 1.88 bits per heavy atom. The third kappa shape index (κ3) is 13.7. The molecule has 0 aromatic rings. The van der Waals surface area contributed by atoms with E-state index in [1.165, 1.54) is 20.0 Å². The third-order valence-corrected chi connectivity index (χ3v) is 4.22. The van der Waals surface area contributed by atoms with Crippen molar-refractivity contribution in [1.82, 2.24) is 5.32 Å². The molecule has 1 unspecified atom stereocenters. The van der Waals surface area contributed by atoms with Crippen molar-refractivity contribution < 1.29 is 23.9 Å². The predicted molar refractivity (Wildman–Crippen MR) is 102 cm³/mol. The van der Waals surface area contributed by atoms with Gasteiger partial charge in [0.2, 0.25) is 5.91 Å². The summed E-state index contributed by atoms with van der Waals surface area (Å²) in [6.07, 6.45) is 11.1. The van der Waals surface area contributed by atoms with Crippen LogP contribution in [-0.2, 0) is 23.9 Å². The van der Waals surface area contributed by atoms with Crippen LogP contribution in [0.1, 0.15) is 90.9 Å². The number of ether oxygens (including phenoxy) is 2. The number of hydrogen-bond donors (Lipinski definition) is 1. The molecule has 0 aliphatic rings. The molecule has 1 atom stereocenters. The molecule has 1 N–H and O–H groups in total. The van der Waals surface area contributed by atoms with Crippen LogP contribution >= 0.6 is 0 Å². The highest BCUT2D eigenvalue weighted by molar-refractivity contribution is 5.84. The molecule has 6 heteroatoms. The number of rotatable bonds is 16. The zero-order valence-corrected chi connectivity index (χ0v) is 16.8. The lowest BCUT2D eigenvalue weighted by Crippen LogP contribution is -2.45. The maximum atomic E-state index is 12.0. The maximum Gasteiger partial charge on any atom is 0.331 e. The van der Waals surface area contributed by atoms with Gasteiger partial charge < -0.3 is 14.8 Å². The van der Waals surface area contributed by atoms with E-state index in [0.29, 0.717) is 12.8 Å². The average molecular weight is 372 g/mol. The molecule has 0 aromatic carbocycles. The van der Waals surface area contributed by atoms with Crippen LogP contribution in [0.5, 0.6) is 0 Å². The van der Waals surface area contributed by atoms with Crippen LogP contribution in [-0.4, -0.2) is 37.6 Å². The first-order valence-corrected chi connectivity index (χ1v) is 10.1. The van der Waals surface area contributed by atoms with E-state index in [-0.39, 0.29) is 18.5 Å². The van der Waals surface area contributed by atoms with Gasteiger partial charge in [-0.25, -0.2) is 4.79 Å². The van der Waals surface area contributed by atoms with Crippen molar-refractivity contribution >= 4 is 17.8 Å². The fraction of sp³-hybridized carbons (Fsp3) is 0.850. The van der Waals surface area contributed by atoms with Crippen molar-refractivity contribution in [1.29, 1.82) is 0 Å². The monoisotopic (exact) mass is 371 g/mol. The number of hydrogen-bond acceptors (Lipinski definition) is 5. The fourth-order valence-corrected chi connectivity index (χ4v) is 2.59. The second-order valence-corrected chi connectivity index (χ2v) is 6.65. The molecular weight excluding hydrogens is 334 g/mol. The number of unbranched alkanes of at least 4 members (excludes halogenated alkanes) is 8. The molecule has 26 heavy (non-hydrogen) atoms. The highest BCUT2D eigenvalue weighted by Crippen LogP contribution is 2.07. The maximum absolute atomic E-state index is 12.0. The van der Waals surface area contributed by atoms with Crippen molar-refractivity contribution in [2.24, 2.45) is 0 Å². The van der Waals surface area contributed by atoms with Crippen molar-refractivity contribution in [3.8, 4) is 0 Å². The molecule has 6 nitrogen and oxygen atoms in total. The molecule has 0 bridgehead atoms. The van der Waals surface area contributed by atoms with E-state index < -0.39 is 12.0 Å². The molecule has 0 fully saturated rings. The van der Waals surface area contributed by atoms with E-state index in [4.69, 9.17) is 4.74 Å². The molecule has 0 rings (SSSR count). The molecule has 0 radical (unpaired) electrons. The van der Waals surface area contributed by atoms with Crippen molar-refractivity contribution in [2.75, 3.05) is 13.7 Å². The summed E-state index contributed by atoms with van der Waals surface area (Å²) < 4.78 is 9.82. The second kappa shape index (κ2) is 16.9. The first-order chi connectivity index (χ1) is 12.5. The van der Waals surface area contributed by atoms with Crippen molar-refractivity contribution in [3.05, 3.63) is 0 Å². The first-order valence-electron chi connectivity index (χ1n) is 10.1. The topological polar surface area (TPSA) is 81.7 Å². The Morgan fingerprint density at radius 2 is 1.35 bits per heavy atom. The molecule has 0 aliphatic heterocycles. The minimum atomic E-state index is -0.938. The van der Waals surface area contributed by atoms with Crippen LogP contribution in [0.3, 0.4) is 0 Å². The standard InChI is InChI=1S/C20H37NO5/c1-4-6-8-10-12-14-18(22)21-17(20(24)25-3)16-26-19(23)15-13-11-9-7-5-2/h17H,4-16H2,1-3H3,(H,21,22). The van der Waals surface area contributed by atoms with Crippen LogP contribution in [0.4, 0.5) is 0 Å². The zero-order valence-electron chi connectivity index (χ0n) is 16.8. The third-order valence-electron chi connectivity index (χ3n) is 4.22. The lowest BCUT2D eigenvalue weighted by atomic mass is 10.1. The van der Waals surface area contributed by atoms with Crippen molar-refractivity contribution in [3.63, 3.8) is 0 Å². The van der Waals surface area contributed by atoms with Crippen LogP contribution in [0.15, 0.2) is 0 Å². The van der Waals surface area contributed by atoms with Gasteiger partial charge in [0.1, 0.15) is 6.61 Å². The van der Waals surface area contributed by atoms with Crippen LogP contribution in [0.25, 0.3) is 0 Å². The lowest BCUT2D eigenvalue weighted by Gasteiger charge is -2.16. The largest absolute Gasteiger partial charge is 0.467 e. The second-order valence-electron chi connectivity index (χ2n) is 6.65. The van der Waals surface area contributed by atoms with Gasteiger partial charge in [0, 0.05) is 12.8 Å². The van der Waals surface area contributed by atoms with Crippen molar-refractivity contribution in [2.45, 2.75) is 96.9 Å². The molecule has 0 saturated heterocycles. The van der Waals surface area contributed by atoms with E-state index in [1.807, 2.05) is 0 Å². The predicted octanol–water partition coefficient (Wildman–Crippen LogP) is 3.91. The van der Waals surface area contributed by atoms with E-state index in [9.17, 15) is 14.4 Å². The zero-order chi connectivity index (χ0) is 19.6. The number of carbonyl (C=O) groups excluding carboxylic acids is 3. The highest BCUT2D eigenvalue weighted by atomic mass is 16.5. The highest BCUT2D eigenvalue weighted by Gasteiger charge is 2.23. The Bertz CT molecular complexity index is 398. The minimum Gasteiger partial charge on any atom is -0.467 e. The normalized spacial score (nSPS) is 11.7. The van der Waals surface area contributed by atoms with Gasteiger partial charge in [-0.1, -0.05) is 65.2 Å². The first kappa shape index (κ1) is 24.4. The van der Waals surface area contributed by atoms with Gasteiger partial charge in [-0.3, -0.25) is 9.59 Å². The lowest BCUT2D eigenvalue weighted by molar-refractivity contribution is -0.152. The minimum absolute atomic E-state index is 0.179. The molecule has 152 valence electrons. The Morgan fingerprint density at radius 1 is 0.808 bits per heavy atom. The van der Waals surface area contributed by atoms with Gasteiger partial charge in [-0.05, 0) is 12.8 Å². The summed E-state index contributed by atoms with van der Waals surface area (Å²) in [7, 11) is 1.25. The number of amides is 1. The fourth-order valence-electron chi connectivity index (χ4n) is 2.59. The number of carbonyl (C=O) groups is 3. The summed E-state index contributed by atoms with van der Waals surface area (Å²) >= 11 is 0. The number of methoxy groups -OCH3 is 1. The van der Waals surface area contributed by atoms with Gasteiger partial charge >= 0.3 is 11.9 Å². The SMILES string of the molecule is CCCCCCCC(=O)NC(COC(=O)CCCCCCC)C(=O)OC. The van der Waals surface area contributed by atoms with Gasteiger partial charge in [0.25, 0.3) is 0 Å². The Hall–Kier alpha value is -1.59. The number of esters is 2. The van der Waals surface area contributed by atoms with Gasteiger partial charge in [-0.15, -0.1) is 0 Å². The summed E-state index contributed by atoms with van der Waals surface area (Å²) in [4.78, 5) is 35.5. The Labute approximate surface area is 158 Å². The molecular formula is C20H37NO5. The summed E-state index contributed by atoms with van der Waals surface area (Å²) in [5, 5.41) is 2.61. The Balaban J connectivity index is 4.09. The van der Waals surface area contributed by atoms with Gasteiger partial charge in [0.15, 0.2) is 6.04 Å². The summed E-state index contributed by atoms with van der Waals surface area (Å²) in [5.41, 5.74) is 0. The van der Waals surface area contributed by atoms with Gasteiger partial charge in [-0.2, -0.15) is 0 Å². The molecule has 0 aliphatic carbocycles. The summed E-state index contributed by atoms with van der Waals surface area (Å²) in [6, 6.07) is -0.938. The summed E-state index contributed by atoms with van der Waals surface area (Å²) in [5.74, 6) is -1.16. The van der Waals surface area contributed by atoms with E-state index in [1.54, 1.807) is 0 Å².